The van der Waals surface area contributed by atoms with Crippen molar-refractivity contribution in [1.29, 1.82) is 0 Å². The van der Waals surface area contributed by atoms with Gasteiger partial charge < -0.3 is 14.9 Å². The minimum atomic E-state index is -0.602. The molecule has 4 aromatic rings. The van der Waals surface area contributed by atoms with Crippen LogP contribution in [0.1, 0.15) is 16.2 Å². The maximum atomic E-state index is 12.5. The third-order valence-electron chi connectivity index (χ3n) is 3.96. The molecule has 0 aliphatic carbocycles. The molecule has 0 amide bonds. The average molecular weight is 379 g/mol. The third kappa shape index (κ3) is 3.42. The first-order valence-electron chi connectivity index (χ1n) is 8.03. The van der Waals surface area contributed by atoms with E-state index in [1.165, 1.54) is 35.9 Å². The summed E-state index contributed by atoms with van der Waals surface area (Å²) in [5.74, 6) is -0.341. The molecular formula is C19H13N3O4S. The molecule has 0 saturated heterocycles. The second-order valence-electron chi connectivity index (χ2n) is 5.73. The molecule has 0 unspecified atom stereocenters. The smallest absolute Gasteiger partial charge is 0.339 e. The van der Waals surface area contributed by atoms with Gasteiger partial charge in [0.15, 0.2) is 12.4 Å². The minimum Gasteiger partial charge on any atom is -0.619 e. The van der Waals surface area contributed by atoms with Gasteiger partial charge in [0.1, 0.15) is 17.3 Å². The van der Waals surface area contributed by atoms with Crippen LogP contribution in [0.3, 0.4) is 0 Å². The highest BCUT2D eigenvalue weighted by atomic mass is 32.1. The molecule has 0 saturated carbocycles. The first-order chi connectivity index (χ1) is 13.1. The Balaban J connectivity index is 1.58. The van der Waals surface area contributed by atoms with E-state index in [9.17, 15) is 14.8 Å². The van der Waals surface area contributed by atoms with Crippen LogP contribution in [0, 0.1) is 5.21 Å². The molecule has 0 aliphatic rings. The summed E-state index contributed by atoms with van der Waals surface area (Å²) in [7, 11) is 0. The number of carbonyl (C=O) groups excluding carboxylic acids is 1. The molecule has 0 radical (unpaired) electrons. The summed E-state index contributed by atoms with van der Waals surface area (Å²) in [6.45, 7) is -0.172. The van der Waals surface area contributed by atoms with Crippen molar-refractivity contribution in [2.24, 2.45) is 0 Å². The number of hydrogen-bond donors (Lipinski definition) is 1. The lowest BCUT2D eigenvalue weighted by molar-refractivity contribution is -0.605. The van der Waals surface area contributed by atoms with E-state index in [4.69, 9.17) is 4.74 Å². The second kappa shape index (κ2) is 7.00. The highest BCUT2D eigenvalue weighted by Gasteiger charge is 2.14. The molecule has 1 N–H and O–H groups in total. The normalized spacial score (nSPS) is 10.8. The fourth-order valence-electron chi connectivity index (χ4n) is 2.66. The van der Waals surface area contributed by atoms with E-state index in [0.717, 1.165) is 11.1 Å². The van der Waals surface area contributed by atoms with Gasteiger partial charge in [0.25, 0.3) is 5.56 Å². The molecule has 1 aromatic carbocycles. The molecule has 7 nitrogen and oxygen atoms in total. The summed E-state index contributed by atoms with van der Waals surface area (Å²) in [5.41, 5.74) is 1.73. The fraction of sp³-hybridized carbons (Fsp3) is 0.0526. The van der Waals surface area contributed by atoms with Gasteiger partial charge in [-0.15, -0.1) is 11.3 Å². The number of hydrogen-bond acceptors (Lipinski definition) is 6. The number of aromatic amines is 1. The molecule has 134 valence electrons. The number of thiophene rings is 1. The number of rotatable bonds is 4. The highest BCUT2D eigenvalue weighted by molar-refractivity contribution is 7.17. The van der Waals surface area contributed by atoms with Crippen LogP contribution in [-0.4, -0.2) is 15.9 Å². The van der Waals surface area contributed by atoms with Crippen molar-refractivity contribution in [3.63, 3.8) is 0 Å². The topological polar surface area (TPSA) is 99.0 Å². The largest absolute Gasteiger partial charge is 0.619 e. The second-order valence-corrected chi connectivity index (χ2v) is 6.59. The van der Waals surface area contributed by atoms with Crippen LogP contribution in [0.2, 0.25) is 0 Å². The maximum absolute atomic E-state index is 12.5. The van der Waals surface area contributed by atoms with Gasteiger partial charge in [0, 0.05) is 23.1 Å². The molecule has 3 aromatic heterocycles. The molecule has 0 bridgehead atoms. The van der Waals surface area contributed by atoms with Crippen molar-refractivity contribution in [2.75, 3.05) is 0 Å². The summed E-state index contributed by atoms with van der Waals surface area (Å²) in [5, 5.41) is 13.4. The molecular weight excluding hydrogens is 366 g/mol. The zero-order valence-electron chi connectivity index (χ0n) is 13.9. The third-order valence-corrected chi connectivity index (χ3v) is 4.83. The first-order valence-corrected chi connectivity index (χ1v) is 8.91. The van der Waals surface area contributed by atoms with Crippen molar-refractivity contribution in [1.82, 2.24) is 9.97 Å². The Bertz CT molecular complexity index is 1170. The monoisotopic (exact) mass is 379 g/mol. The summed E-state index contributed by atoms with van der Waals surface area (Å²) >= 11 is 1.36. The Labute approximate surface area is 157 Å². The van der Waals surface area contributed by atoms with Crippen LogP contribution in [0.15, 0.2) is 65.0 Å². The summed E-state index contributed by atoms with van der Waals surface area (Å²) in [6, 6.07) is 12.3. The van der Waals surface area contributed by atoms with Gasteiger partial charge in [-0.2, -0.15) is 4.73 Å². The zero-order valence-corrected chi connectivity index (χ0v) is 14.7. The predicted molar refractivity (Wildman–Crippen MR) is 100 cm³/mol. The van der Waals surface area contributed by atoms with Crippen LogP contribution in [0.5, 0.6) is 0 Å². The van der Waals surface area contributed by atoms with Crippen molar-refractivity contribution in [2.45, 2.75) is 6.61 Å². The minimum absolute atomic E-state index is 0.172. The predicted octanol–water partition coefficient (Wildman–Crippen LogP) is 2.64. The molecule has 0 spiro atoms. The van der Waals surface area contributed by atoms with Crippen LogP contribution < -0.4 is 10.3 Å². The number of nitrogens with one attached hydrogen (secondary N) is 1. The van der Waals surface area contributed by atoms with Crippen molar-refractivity contribution < 1.29 is 14.3 Å². The van der Waals surface area contributed by atoms with E-state index in [0.29, 0.717) is 14.9 Å². The molecule has 4 rings (SSSR count). The number of esters is 1. The van der Waals surface area contributed by atoms with Crippen molar-refractivity contribution in [3.8, 4) is 11.1 Å². The Kier molecular flexibility index (Phi) is 4.39. The number of ether oxygens (including phenoxy) is 1. The van der Waals surface area contributed by atoms with Crippen LogP contribution in [0.4, 0.5) is 0 Å². The van der Waals surface area contributed by atoms with Gasteiger partial charge in [-0.1, -0.05) is 30.3 Å². The quantitative estimate of drug-likeness (QED) is 0.334. The summed E-state index contributed by atoms with van der Waals surface area (Å²) in [4.78, 5) is 32.2. The summed E-state index contributed by atoms with van der Waals surface area (Å²) in [6.07, 6.45) is 2.42. The van der Waals surface area contributed by atoms with E-state index in [2.05, 4.69) is 9.97 Å². The Morgan fingerprint density at radius 3 is 2.67 bits per heavy atom. The number of pyridine rings is 1. The fourth-order valence-corrected chi connectivity index (χ4v) is 3.62. The molecule has 0 fully saturated rings. The van der Waals surface area contributed by atoms with Gasteiger partial charge >= 0.3 is 5.97 Å². The van der Waals surface area contributed by atoms with Crippen LogP contribution in [-0.2, 0) is 11.3 Å². The number of H-pyrrole nitrogens is 1. The van der Waals surface area contributed by atoms with Gasteiger partial charge in [-0.3, -0.25) is 4.79 Å². The van der Waals surface area contributed by atoms with Gasteiger partial charge in [0.2, 0.25) is 0 Å². The molecule has 27 heavy (non-hydrogen) atoms. The number of benzene rings is 1. The van der Waals surface area contributed by atoms with E-state index in [-0.39, 0.29) is 23.6 Å². The van der Waals surface area contributed by atoms with E-state index >= 15 is 0 Å². The van der Waals surface area contributed by atoms with Gasteiger partial charge in [-0.25, -0.2) is 9.78 Å². The van der Waals surface area contributed by atoms with E-state index in [1.807, 2.05) is 35.7 Å². The molecule has 3 heterocycles. The van der Waals surface area contributed by atoms with Crippen LogP contribution in [0.25, 0.3) is 21.3 Å². The van der Waals surface area contributed by atoms with Crippen molar-refractivity contribution in [3.05, 3.63) is 87.2 Å². The van der Waals surface area contributed by atoms with Gasteiger partial charge in [-0.05, 0) is 5.56 Å². The SMILES string of the molecule is O=C(OCc1nc2scc(-c3ccccc3)c2c(=O)[nH]1)c1cc[n+]([O-])cc1. The Hall–Kier alpha value is -3.52. The number of fused-ring (bicyclic) bond motifs is 1. The van der Waals surface area contributed by atoms with Gasteiger partial charge in [0.05, 0.1) is 10.9 Å². The highest BCUT2D eigenvalue weighted by Crippen LogP contribution is 2.30. The molecule has 0 atom stereocenters. The number of carbonyl (C=O) groups is 1. The Morgan fingerprint density at radius 2 is 1.93 bits per heavy atom. The zero-order chi connectivity index (χ0) is 18.8. The van der Waals surface area contributed by atoms with E-state index in [1.54, 1.807) is 0 Å². The lowest BCUT2D eigenvalue weighted by Gasteiger charge is -2.05. The lowest BCUT2D eigenvalue weighted by atomic mass is 10.1. The summed E-state index contributed by atoms with van der Waals surface area (Å²) < 4.78 is 5.75. The first kappa shape index (κ1) is 16.9. The molecule has 8 heteroatoms. The lowest BCUT2D eigenvalue weighted by Crippen LogP contribution is -2.24. The van der Waals surface area contributed by atoms with Crippen LogP contribution >= 0.6 is 11.3 Å². The molecule has 0 aliphatic heterocycles. The van der Waals surface area contributed by atoms with Crippen molar-refractivity contribution >= 4 is 27.5 Å². The maximum Gasteiger partial charge on any atom is 0.339 e. The standard InChI is InChI=1S/C19H13N3O4S/c23-17-16-14(12-4-2-1-3-5-12)11-27-18(16)21-15(20-17)10-26-19(24)13-6-8-22(25)9-7-13/h1-9,11H,10H2,(H,20,21,23). The number of aromatic nitrogens is 3. The Morgan fingerprint density at radius 1 is 1.19 bits per heavy atom. The van der Waals surface area contributed by atoms with E-state index < -0.39 is 5.97 Å². The average Bonchev–Trinajstić information content (AvgIpc) is 3.12. The number of nitrogens with zero attached hydrogens (tertiary/aromatic N) is 2.